The molecule has 1 aliphatic heterocycles. The SMILES string of the molecule is CC(C)(C(=O)N1CCCC1)c1ccc(Nc2nc(-c3c(F)cccc3F)nc3c[nH]c(O)c23)cc1. The summed E-state index contributed by atoms with van der Waals surface area (Å²) in [6.45, 7) is 5.40. The summed E-state index contributed by atoms with van der Waals surface area (Å²) in [5, 5.41) is 13.7. The van der Waals surface area contributed by atoms with Crippen LogP contribution in [0.5, 0.6) is 5.88 Å². The van der Waals surface area contributed by atoms with Gasteiger partial charge in [-0.05, 0) is 56.5 Å². The number of carbonyl (C=O) groups is 1. The minimum absolute atomic E-state index is 0.0991. The number of benzene rings is 2. The van der Waals surface area contributed by atoms with Crippen molar-refractivity contribution in [2.24, 2.45) is 0 Å². The summed E-state index contributed by atoms with van der Waals surface area (Å²) in [5.74, 6) is -1.61. The van der Waals surface area contributed by atoms with Crippen LogP contribution in [0.1, 0.15) is 32.3 Å². The second kappa shape index (κ2) is 8.65. The molecule has 0 saturated carbocycles. The van der Waals surface area contributed by atoms with Crippen molar-refractivity contribution in [2.45, 2.75) is 32.1 Å². The Labute approximate surface area is 200 Å². The summed E-state index contributed by atoms with van der Waals surface area (Å²) in [5.41, 5.74) is 0.756. The van der Waals surface area contributed by atoms with Gasteiger partial charge in [0.1, 0.15) is 22.8 Å². The normalized spacial score (nSPS) is 14.0. The summed E-state index contributed by atoms with van der Waals surface area (Å²) >= 11 is 0. The Morgan fingerprint density at radius 2 is 1.71 bits per heavy atom. The Bertz CT molecular complexity index is 1390. The van der Waals surface area contributed by atoms with Crippen LogP contribution in [0, 0.1) is 11.6 Å². The highest BCUT2D eigenvalue weighted by molar-refractivity contribution is 5.96. The molecule has 5 rings (SSSR count). The van der Waals surface area contributed by atoms with E-state index in [1.165, 1.54) is 12.3 Å². The fourth-order valence-corrected chi connectivity index (χ4v) is 4.48. The third-order valence-corrected chi connectivity index (χ3v) is 6.50. The number of hydrogen-bond donors (Lipinski definition) is 3. The molecule has 180 valence electrons. The second-order valence-electron chi connectivity index (χ2n) is 9.22. The molecule has 2 aromatic heterocycles. The predicted molar refractivity (Wildman–Crippen MR) is 129 cm³/mol. The lowest BCUT2D eigenvalue weighted by Crippen LogP contribution is -2.41. The van der Waals surface area contributed by atoms with Crippen LogP contribution in [-0.2, 0) is 10.2 Å². The Kier molecular flexibility index (Phi) is 5.62. The number of rotatable bonds is 5. The van der Waals surface area contributed by atoms with E-state index in [4.69, 9.17) is 0 Å². The standard InChI is InChI=1S/C26H25F2N5O2/c1-26(2,25(35)33-12-3-4-13-33)15-8-10-16(11-9-15)30-23-21-19(14-29-24(21)34)31-22(32-23)20-17(27)6-5-7-18(20)28/h5-11,14,29,34H,3-4,12-13H2,1-2H3,(H,30,31,32). The van der Waals surface area contributed by atoms with Gasteiger partial charge in [0.05, 0.1) is 16.5 Å². The lowest BCUT2D eigenvalue weighted by molar-refractivity contribution is -0.135. The van der Waals surface area contributed by atoms with Gasteiger partial charge in [-0.25, -0.2) is 18.7 Å². The Balaban J connectivity index is 1.49. The van der Waals surface area contributed by atoms with Gasteiger partial charge < -0.3 is 20.3 Å². The van der Waals surface area contributed by atoms with Crippen LogP contribution in [0.25, 0.3) is 22.3 Å². The third kappa shape index (κ3) is 4.07. The van der Waals surface area contributed by atoms with Crippen LogP contribution in [-0.4, -0.2) is 44.0 Å². The van der Waals surface area contributed by atoms with Crippen molar-refractivity contribution in [3.63, 3.8) is 0 Å². The highest BCUT2D eigenvalue weighted by Crippen LogP contribution is 2.35. The molecule has 4 aromatic rings. The smallest absolute Gasteiger partial charge is 0.232 e. The van der Waals surface area contributed by atoms with E-state index in [2.05, 4.69) is 20.3 Å². The Hall–Kier alpha value is -4.01. The molecule has 9 heteroatoms. The van der Waals surface area contributed by atoms with E-state index in [1.807, 2.05) is 30.9 Å². The van der Waals surface area contributed by atoms with E-state index in [-0.39, 0.29) is 29.0 Å². The number of H-pyrrole nitrogens is 1. The van der Waals surface area contributed by atoms with Crippen molar-refractivity contribution in [1.29, 1.82) is 0 Å². The van der Waals surface area contributed by atoms with Crippen LogP contribution in [0.15, 0.2) is 48.7 Å². The minimum atomic E-state index is -0.788. The number of amides is 1. The number of aromatic nitrogens is 3. The topological polar surface area (TPSA) is 94.1 Å². The molecule has 0 unspecified atom stereocenters. The molecule has 0 aliphatic carbocycles. The van der Waals surface area contributed by atoms with Gasteiger partial charge in [0.15, 0.2) is 5.82 Å². The van der Waals surface area contributed by atoms with Gasteiger partial charge in [-0.3, -0.25) is 4.79 Å². The number of fused-ring (bicyclic) bond motifs is 1. The number of carbonyl (C=O) groups excluding carboxylic acids is 1. The molecule has 2 aromatic carbocycles. The monoisotopic (exact) mass is 477 g/mol. The molecule has 3 heterocycles. The lowest BCUT2D eigenvalue weighted by Gasteiger charge is -2.29. The first kappa shape index (κ1) is 22.8. The van der Waals surface area contributed by atoms with Crippen LogP contribution in [0.3, 0.4) is 0 Å². The van der Waals surface area contributed by atoms with Crippen molar-refractivity contribution in [3.8, 4) is 17.3 Å². The molecule has 1 saturated heterocycles. The molecule has 1 aliphatic rings. The maximum atomic E-state index is 14.4. The van der Waals surface area contributed by atoms with Gasteiger partial charge in [-0.2, -0.15) is 0 Å². The van der Waals surface area contributed by atoms with Crippen LogP contribution in [0.2, 0.25) is 0 Å². The van der Waals surface area contributed by atoms with Crippen molar-refractivity contribution < 1.29 is 18.7 Å². The van der Waals surface area contributed by atoms with Crippen molar-refractivity contribution >= 4 is 28.3 Å². The van der Waals surface area contributed by atoms with Gasteiger partial charge in [-0.1, -0.05) is 18.2 Å². The first-order valence-corrected chi connectivity index (χ1v) is 11.4. The van der Waals surface area contributed by atoms with E-state index in [9.17, 15) is 18.7 Å². The zero-order chi connectivity index (χ0) is 24.7. The van der Waals surface area contributed by atoms with E-state index in [0.717, 1.165) is 43.6 Å². The number of halogens is 2. The largest absolute Gasteiger partial charge is 0.494 e. The number of nitrogens with zero attached hydrogens (tertiary/aromatic N) is 3. The highest BCUT2D eigenvalue weighted by atomic mass is 19.1. The van der Waals surface area contributed by atoms with Crippen LogP contribution < -0.4 is 5.32 Å². The van der Waals surface area contributed by atoms with Crippen molar-refractivity contribution in [3.05, 3.63) is 65.9 Å². The van der Waals surface area contributed by atoms with Gasteiger partial charge in [0, 0.05) is 25.0 Å². The van der Waals surface area contributed by atoms with Gasteiger partial charge in [0.2, 0.25) is 11.8 Å². The zero-order valence-electron chi connectivity index (χ0n) is 19.4. The number of anilines is 2. The molecule has 0 atom stereocenters. The van der Waals surface area contributed by atoms with E-state index in [0.29, 0.717) is 16.6 Å². The van der Waals surface area contributed by atoms with Crippen molar-refractivity contribution in [1.82, 2.24) is 19.9 Å². The molecule has 0 spiro atoms. The fraction of sp³-hybridized carbons (Fsp3) is 0.269. The summed E-state index contributed by atoms with van der Waals surface area (Å²) in [6.07, 6.45) is 3.50. The van der Waals surface area contributed by atoms with Crippen LogP contribution in [0.4, 0.5) is 20.3 Å². The molecule has 1 fully saturated rings. The number of nitrogens with one attached hydrogen (secondary N) is 2. The summed E-state index contributed by atoms with van der Waals surface area (Å²) < 4.78 is 28.8. The van der Waals surface area contributed by atoms with Crippen molar-refractivity contribution in [2.75, 3.05) is 18.4 Å². The number of likely N-dealkylation sites (tertiary alicyclic amines) is 1. The second-order valence-corrected chi connectivity index (χ2v) is 9.22. The zero-order valence-corrected chi connectivity index (χ0v) is 19.4. The molecular formula is C26H25F2N5O2. The predicted octanol–water partition coefficient (Wildman–Crippen LogP) is 5.25. The molecule has 3 N–H and O–H groups in total. The molecule has 1 amide bonds. The first-order chi connectivity index (χ1) is 16.8. The van der Waals surface area contributed by atoms with Gasteiger partial charge >= 0.3 is 0 Å². The first-order valence-electron chi connectivity index (χ1n) is 11.4. The Morgan fingerprint density at radius 3 is 2.37 bits per heavy atom. The maximum Gasteiger partial charge on any atom is 0.232 e. The quantitative estimate of drug-likeness (QED) is 0.365. The van der Waals surface area contributed by atoms with E-state index in [1.54, 1.807) is 12.1 Å². The summed E-state index contributed by atoms with van der Waals surface area (Å²) in [6, 6.07) is 10.9. The van der Waals surface area contributed by atoms with E-state index < -0.39 is 17.0 Å². The average Bonchev–Trinajstić information content (AvgIpc) is 3.49. The Morgan fingerprint density at radius 1 is 1.06 bits per heavy atom. The maximum absolute atomic E-state index is 14.4. The highest BCUT2D eigenvalue weighted by Gasteiger charge is 2.34. The number of aromatic amines is 1. The molecule has 0 bridgehead atoms. The van der Waals surface area contributed by atoms with Gasteiger partial charge in [0.25, 0.3) is 0 Å². The van der Waals surface area contributed by atoms with Crippen LogP contribution >= 0.6 is 0 Å². The molecule has 7 nitrogen and oxygen atoms in total. The minimum Gasteiger partial charge on any atom is -0.494 e. The fourth-order valence-electron chi connectivity index (χ4n) is 4.48. The molecule has 35 heavy (non-hydrogen) atoms. The van der Waals surface area contributed by atoms with E-state index >= 15 is 0 Å². The lowest BCUT2D eigenvalue weighted by atomic mass is 9.83. The number of aromatic hydroxyl groups is 1. The molecule has 0 radical (unpaired) electrons. The third-order valence-electron chi connectivity index (χ3n) is 6.50. The average molecular weight is 478 g/mol. The summed E-state index contributed by atoms with van der Waals surface area (Å²) in [7, 11) is 0. The number of hydrogen-bond acceptors (Lipinski definition) is 5. The molecular weight excluding hydrogens is 452 g/mol. The summed E-state index contributed by atoms with van der Waals surface area (Å²) in [4.78, 5) is 26.2. The van der Waals surface area contributed by atoms with Gasteiger partial charge in [-0.15, -0.1) is 0 Å².